The molecular weight excluding hydrogens is 256 g/mol. The third-order valence-corrected chi connectivity index (χ3v) is 5.45. The van der Waals surface area contributed by atoms with Crippen LogP contribution in [0.1, 0.15) is 32.1 Å². The van der Waals surface area contributed by atoms with Crippen LogP contribution >= 0.6 is 0 Å². The molecule has 0 unspecified atom stereocenters. The van der Waals surface area contributed by atoms with E-state index in [9.17, 15) is 9.59 Å². The molecule has 0 aromatic rings. The summed E-state index contributed by atoms with van der Waals surface area (Å²) in [5, 5.41) is 2.79. The van der Waals surface area contributed by atoms with Gasteiger partial charge in [0.05, 0.1) is 12.5 Å². The average molecular weight is 280 g/mol. The van der Waals surface area contributed by atoms with Crippen molar-refractivity contribution in [2.45, 2.75) is 32.1 Å². The minimum Gasteiger partial charge on any atom is -0.381 e. The second-order valence-corrected chi connectivity index (χ2v) is 6.49. The molecule has 1 spiro atoms. The van der Waals surface area contributed by atoms with Gasteiger partial charge in [0, 0.05) is 38.1 Å². The fourth-order valence-electron chi connectivity index (χ4n) is 4.28. The van der Waals surface area contributed by atoms with Crippen LogP contribution in [0.15, 0.2) is 0 Å². The van der Waals surface area contributed by atoms with Crippen LogP contribution in [0, 0.1) is 17.3 Å². The first-order chi connectivity index (χ1) is 9.66. The van der Waals surface area contributed by atoms with Crippen LogP contribution < -0.4 is 5.32 Å². The molecule has 2 amide bonds. The largest absolute Gasteiger partial charge is 0.381 e. The first-order valence-electron chi connectivity index (χ1n) is 7.74. The Labute approximate surface area is 120 Å². The molecule has 1 saturated carbocycles. The third kappa shape index (κ3) is 2.22. The maximum absolute atomic E-state index is 12.5. The van der Waals surface area contributed by atoms with E-state index in [-0.39, 0.29) is 29.1 Å². The average Bonchev–Trinajstić information content (AvgIpc) is 3.19. The number of nitrogens with zero attached hydrogens (tertiary/aromatic N) is 1. The molecule has 1 aliphatic carbocycles. The van der Waals surface area contributed by atoms with E-state index in [1.54, 1.807) is 7.05 Å². The fraction of sp³-hybridized carbons (Fsp3) is 0.867. The highest BCUT2D eigenvalue weighted by atomic mass is 16.5. The molecule has 2 saturated heterocycles. The van der Waals surface area contributed by atoms with Crippen molar-refractivity contribution in [1.29, 1.82) is 0 Å². The second kappa shape index (κ2) is 5.35. The number of rotatable bonds is 2. The smallest absolute Gasteiger partial charge is 0.228 e. The lowest BCUT2D eigenvalue weighted by molar-refractivity contribution is -0.136. The summed E-state index contributed by atoms with van der Waals surface area (Å²) in [6.07, 6.45) is 4.97. The van der Waals surface area contributed by atoms with Gasteiger partial charge in [-0.3, -0.25) is 9.59 Å². The summed E-state index contributed by atoms with van der Waals surface area (Å²) >= 11 is 0. The van der Waals surface area contributed by atoms with E-state index < -0.39 is 0 Å². The predicted octanol–water partition coefficient (Wildman–Crippen LogP) is 0.788. The first-order valence-corrected chi connectivity index (χ1v) is 7.74. The molecule has 0 radical (unpaired) electrons. The van der Waals surface area contributed by atoms with Gasteiger partial charge in [0.2, 0.25) is 11.8 Å². The van der Waals surface area contributed by atoms with Crippen molar-refractivity contribution < 1.29 is 14.3 Å². The summed E-state index contributed by atoms with van der Waals surface area (Å²) in [6.45, 7) is 2.85. The minimum atomic E-state index is 0.0369. The summed E-state index contributed by atoms with van der Waals surface area (Å²) < 4.78 is 5.32. The van der Waals surface area contributed by atoms with Gasteiger partial charge in [-0.1, -0.05) is 6.42 Å². The van der Waals surface area contributed by atoms with E-state index in [4.69, 9.17) is 4.74 Å². The molecule has 2 heterocycles. The van der Waals surface area contributed by atoms with E-state index in [0.717, 1.165) is 45.2 Å². The highest BCUT2D eigenvalue weighted by Crippen LogP contribution is 2.50. The lowest BCUT2D eigenvalue weighted by Crippen LogP contribution is -2.41. The number of nitrogens with one attached hydrogen (secondary N) is 1. The minimum absolute atomic E-state index is 0.0369. The van der Waals surface area contributed by atoms with Gasteiger partial charge in [-0.2, -0.15) is 0 Å². The Kier molecular flexibility index (Phi) is 3.71. The Bertz CT molecular complexity index is 406. The van der Waals surface area contributed by atoms with Crippen molar-refractivity contribution >= 4 is 11.8 Å². The van der Waals surface area contributed by atoms with E-state index >= 15 is 0 Å². The highest BCUT2D eigenvalue weighted by molar-refractivity contribution is 5.81. The quantitative estimate of drug-likeness (QED) is 0.813. The van der Waals surface area contributed by atoms with Crippen LogP contribution in [0.4, 0.5) is 0 Å². The Morgan fingerprint density at radius 3 is 2.85 bits per heavy atom. The maximum Gasteiger partial charge on any atom is 0.228 e. The van der Waals surface area contributed by atoms with Crippen molar-refractivity contribution in [2.24, 2.45) is 17.3 Å². The topological polar surface area (TPSA) is 58.6 Å². The zero-order valence-corrected chi connectivity index (χ0v) is 12.2. The van der Waals surface area contributed by atoms with Gasteiger partial charge < -0.3 is 15.0 Å². The first kappa shape index (κ1) is 13.9. The molecule has 3 aliphatic rings. The van der Waals surface area contributed by atoms with E-state index in [1.165, 1.54) is 0 Å². The Hall–Kier alpha value is -1.10. The number of likely N-dealkylation sites (tertiary alicyclic amines) is 1. The van der Waals surface area contributed by atoms with E-state index in [2.05, 4.69) is 5.32 Å². The molecule has 3 atom stereocenters. The third-order valence-electron chi connectivity index (χ3n) is 5.45. The van der Waals surface area contributed by atoms with Crippen LogP contribution in [-0.2, 0) is 14.3 Å². The Morgan fingerprint density at radius 2 is 2.15 bits per heavy atom. The molecule has 5 heteroatoms. The molecule has 112 valence electrons. The lowest BCUT2D eigenvalue weighted by Gasteiger charge is -2.30. The van der Waals surface area contributed by atoms with Gasteiger partial charge in [0.25, 0.3) is 0 Å². The molecule has 1 N–H and O–H groups in total. The SMILES string of the molecule is CNC(=O)[C@H]1CCC[C@]12CCN(C(=O)[C@@H]1CCOC1)C2. The molecule has 0 aromatic carbocycles. The van der Waals surface area contributed by atoms with Crippen LogP contribution in [0.25, 0.3) is 0 Å². The van der Waals surface area contributed by atoms with Gasteiger partial charge in [-0.05, 0) is 25.7 Å². The number of amides is 2. The molecule has 3 fully saturated rings. The van der Waals surface area contributed by atoms with E-state index in [1.807, 2.05) is 4.90 Å². The normalized spacial score (nSPS) is 36.8. The van der Waals surface area contributed by atoms with Gasteiger partial charge in [0.1, 0.15) is 0 Å². The number of ether oxygens (including phenoxy) is 1. The van der Waals surface area contributed by atoms with Gasteiger partial charge in [-0.25, -0.2) is 0 Å². The standard InChI is InChI=1S/C15H24N2O3/c1-16-13(18)12-3-2-5-15(12)6-7-17(10-15)14(19)11-4-8-20-9-11/h11-12H,2-10H2,1H3,(H,16,18)/t11-,12-,15-/m1/s1. The van der Waals surface area contributed by atoms with Crippen LogP contribution in [-0.4, -0.2) is 50.1 Å². The highest BCUT2D eigenvalue weighted by Gasteiger charge is 2.51. The van der Waals surface area contributed by atoms with Crippen molar-refractivity contribution in [1.82, 2.24) is 10.2 Å². The van der Waals surface area contributed by atoms with Crippen molar-refractivity contribution in [3.05, 3.63) is 0 Å². The number of hydrogen-bond donors (Lipinski definition) is 1. The summed E-state index contributed by atoms with van der Waals surface area (Å²) in [4.78, 5) is 26.5. The monoisotopic (exact) mass is 280 g/mol. The molecule has 20 heavy (non-hydrogen) atoms. The molecule has 0 bridgehead atoms. The Morgan fingerprint density at radius 1 is 1.30 bits per heavy atom. The summed E-state index contributed by atoms with van der Waals surface area (Å²) in [6, 6.07) is 0. The second-order valence-electron chi connectivity index (χ2n) is 6.49. The Balaban J connectivity index is 1.68. The number of hydrogen-bond acceptors (Lipinski definition) is 3. The van der Waals surface area contributed by atoms with Crippen molar-refractivity contribution in [2.75, 3.05) is 33.4 Å². The number of carbonyl (C=O) groups is 2. The van der Waals surface area contributed by atoms with Gasteiger partial charge >= 0.3 is 0 Å². The van der Waals surface area contributed by atoms with Crippen LogP contribution in [0.5, 0.6) is 0 Å². The lowest BCUT2D eigenvalue weighted by atomic mass is 9.76. The van der Waals surface area contributed by atoms with Crippen molar-refractivity contribution in [3.63, 3.8) is 0 Å². The fourth-order valence-corrected chi connectivity index (χ4v) is 4.28. The molecular formula is C15H24N2O3. The zero-order valence-electron chi connectivity index (χ0n) is 12.2. The van der Waals surface area contributed by atoms with E-state index in [0.29, 0.717) is 13.2 Å². The van der Waals surface area contributed by atoms with Crippen LogP contribution in [0.2, 0.25) is 0 Å². The van der Waals surface area contributed by atoms with Gasteiger partial charge in [-0.15, -0.1) is 0 Å². The van der Waals surface area contributed by atoms with Crippen molar-refractivity contribution in [3.8, 4) is 0 Å². The zero-order chi connectivity index (χ0) is 14.2. The summed E-state index contributed by atoms with van der Waals surface area (Å²) in [5.41, 5.74) is 0.0369. The van der Waals surface area contributed by atoms with Gasteiger partial charge in [0.15, 0.2) is 0 Å². The summed E-state index contributed by atoms with van der Waals surface area (Å²) in [7, 11) is 1.71. The maximum atomic E-state index is 12.5. The van der Waals surface area contributed by atoms with Crippen LogP contribution in [0.3, 0.4) is 0 Å². The number of carbonyl (C=O) groups excluding carboxylic acids is 2. The predicted molar refractivity (Wildman–Crippen MR) is 74.0 cm³/mol. The summed E-state index contributed by atoms with van der Waals surface area (Å²) in [5.74, 6) is 0.526. The molecule has 0 aromatic heterocycles. The molecule has 3 rings (SSSR count). The molecule has 5 nitrogen and oxygen atoms in total. The molecule has 2 aliphatic heterocycles.